The van der Waals surface area contributed by atoms with Crippen molar-refractivity contribution < 1.29 is 27.6 Å². The molecule has 0 aliphatic heterocycles. The van der Waals surface area contributed by atoms with E-state index in [0.717, 1.165) is 0 Å². The van der Waals surface area contributed by atoms with Crippen molar-refractivity contribution in [1.29, 1.82) is 0 Å². The topological polar surface area (TPSA) is 69.4 Å². The van der Waals surface area contributed by atoms with Crippen LogP contribution in [0.2, 0.25) is 0 Å². The maximum absolute atomic E-state index is 12.6. The van der Waals surface area contributed by atoms with Crippen LogP contribution in [-0.2, 0) is 0 Å². The number of hydrogen-bond donors (Lipinski definition) is 0. The Kier molecular flexibility index (Phi) is 5.06. The van der Waals surface area contributed by atoms with Gasteiger partial charge in [-0.2, -0.15) is 13.2 Å². The number of carbonyl (C=O) groups is 1. The standard InChI is InChI=1S/C12H12F3NO4/c1-20-10-4-2-8(3-5-10)11(17)6-9(7-16(18)19)12(13,14)15/h2-5,9H,6-7H2,1H3. The zero-order valence-electron chi connectivity index (χ0n) is 10.5. The van der Waals surface area contributed by atoms with Crippen LogP contribution in [0.3, 0.4) is 0 Å². The van der Waals surface area contributed by atoms with Gasteiger partial charge in [-0.15, -0.1) is 0 Å². The molecule has 0 heterocycles. The maximum Gasteiger partial charge on any atom is 0.398 e. The van der Waals surface area contributed by atoms with Crippen LogP contribution >= 0.6 is 0 Å². The molecule has 1 atom stereocenters. The molecule has 1 unspecified atom stereocenters. The summed E-state index contributed by atoms with van der Waals surface area (Å²) < 4.78 is 42.7. The Hall–Kier alpha value is -2.12. The Balaban J connectivity index is 2.81. The number of hydrogen-bond acceptors (Lipinski definition) is 4. The van der Waals surface area contributed by atoms with Crippen LogP contribution in [0, 0.1) is 16.0 Å². The molecular formula is C12H12F3NO4. The maximum atomic E-state index is 12.6. The van der Waals surface area contributed by atoms with E-state index in [1.807, 2.05) is 0 Å². The molecule has 0 amide bonds. The molecule has 0 saturated carbocycles. The van der Waals surface area contributed by atoms with Crippen LogP contribution in [0.5, 0.6) is 5.75 Å². The zero-order chi connectivity index (χ0) is 15.3. The highest BCUT2D eigenvalue weighted by molar-refractivity contribution is 5.96. The summed E-state index contributed by atoms with van der Waals surface area (Å²) in [5.41, 5.74) is 0.0587. The number of rotatable bonds is 6. The highest BCUT2D eigenvalue weighted by Gasteiger charge is 2.44. The fraction of sp³-hybridized carbons (Fsp3) is 0.417. The van der Waals surface area contributed by atoms with Crippen LogP contribution in [0.25, 0.3) is 0 Å². The number of halogens is 3. The second kappa shape index (κ2) is 6.36. The summed E-state index contributed by atoms with van der Waals surface area (Å²) in [4.78, 5) is 20.9. The minimum absolute atomic E-state index is 0.0587. The largest absolute Gasteiger partial charge is 0.497 e. The Labute approximate surface area is 112 Å². The first kappa shape index (κ1) is 15.9. The predicted octanol–water partition coefficient (Wildman–Crippen LogP) is 2.72. The van der Waals surface area contributed by atoms with Gasteiger partial charge in [0.05, 0.1) is 7.11 Å². The SMILES string of the molecule is COc1ccc(C(=O)CC(C[N+](=O)[O-])C(F)(F)F)cc1. The van der Waals surface area contributed by atoms with E-state index in [0.29, 0.717) is 5.75 Å². The van der Waals surface area contributed by atoms with Gasteiger partial charge in [0.25, 0.3) is 0 Å². The molecule has 0 fully saturated rings. The van der Waals surface area contributed by atoms with Gasteiger partial charge in [0.2, 0.25) is 6.54 Å². The number of Topliss-reactive ketones (excluding diaryl/α,β-unsaturated/α-hetero) is 1. The first-order valence-corrected chi connectivity index (χ1v) is 5.59. The molecule has 0 aromatic heterocycles. The number of carbonyl (C=O) groups excluding carboxylic acids is 1. The van der Waals surface area contributed by atoms with E-state index in [1.165, 1.54) is 31.4 Å². The van der Waals surface area contributed by atoms with Crippen molar-refractivity contribution in [3.63, 3.8) is 0 Å². The van der Waals surface area contributed by atoms with Crippen molar-refractivity contribution in [2.24, 2.45) is 5.92 Å². The number of ether oxygens (including phenoxy) is 1. The highest BCUT2D eigenvalue weighted by atomic mass is 19.4. The number of benzene rings is 1. The van der Waals surface area contributed by atoms with Gasteiger partial charge >= 0.3 is 6.18 Å². The molecule has 0 N–H and O–H groups in total. The van der Waals surface area contributed by atoms with Gasteiger partial charge in [0.15, 0.2) is 5.78 Å². The van der Waals surface area contributed by atoms with Gasteiger partial charge in [0, 0.05) is 16.9 Å². The molecule has 8 heteroatoms. The molecule has 0 aliphatic rings. The monoisotopic (exact) mass is 291 g/mol. The normalized spacial score (nSPS) is 12.8. The molecule has 0 spiro atoms. The lowest BCUT2D eigenvalue weighted by Crippen LogP contribution is -2.31. The van der Waals surface area contributed by atoms with E-state index in [4.69, 9.17) is 4.74 Å². The molecule has 1 aromatic carbocycles. The Bertz CT molecular complexity index is 484. The lowest BCUT2D eigenvalue weighted by molar-refractivity contribution is -0.497. The van der Waals surface area contributed by atoms with Crippen molar-refractivity contribution in [3.05, 3.63) is 39.9 Å². The molecular weight excluding hydrogens is 279 g/mol. The summed E-state index contributed by atoms with van der Waals surface area (Å²) in [5.74, 6) is -2.62. The number of ketones is 1. The second-order valence-corrected chi connectivity index (χ2v) is 4.11. The van der Waals surface area contributed by atoms with Gasteiger partial charge in [-0.25, -0.2) is 0 Å². The Morgan fingerprint density at radius 3 is 2.30 bits per heavy atom. The van der Waals surface area contributed by atoms with E-state index in [-0.39, 0.29) is 5.56 Å². The van der Waals surface area contributed by atoms with Gasteiger partial charge in [-0.3, -0.25) is 14.9 Å². The molecule has 20 heavy (non-hydrogen) atoms. The van der Waals surface area contributed by atoms with Gasteiger partial charge in [0.1, 0.15) is 11.7 Å². The molecule has 0 bridgehead atoms. The van der Waals surface area contributed by atoms with Gasteiger partial charge in [-0.1, -0.05) is 0 Å². The summed E-state index contributed by atoms with van der Waals surface area (Å²) in [7, 11) is 1.41. The Morgan fingerprint density at radius 1 is 1.35 bits per heavy atom. The van der Waals surface area contributed by atoms with Crippen molar-refractivity contribution in [3.8, 4) is 5.75 Å². The van der Waals surface area contributed by atoms with Crippen molar-refractivity contribution >= 4 is 5.78 Å². The molecule has 0 aliphatic carbocycles. The third-order valence-electron chi connectivity index (χ3n) is 2.68. The third-order valence-corrected chi connectivity index (χ3v) is 2.68. The first-order valence-electron chi connectivity index (χ1n) is 5.59. The quantitative estimate of drug-likeness (QED) is 0.459. The van der Waals surface area contributed by atoms with E-state index in [2.05, 4.69) is 0 Å². The summed E-state index contributed by atoms with van der Waals surface area (Å²) in [6.07, 6.45) is -5.73. The number of nitro groups is 1. The lowest BCUT2D eigenvalue weighted by Gasteiger charge is -2.15. The summed E-state index contributed by atoms with van der Waals surface area (Å²) in [5, 5.41) is 10.2. The average molecular weight is 291 g/mol. The number of alkyl halides is 3. The molecule has 110 valence electrons. The van der Waals surface area contributed by atoms with Crippen LogP contribution in [-0.4, -0.2) is 30.5 Å². The van der Waals surface area contributed by atoms with Crippen LogP contribution in [0.15, 0.2) is 24.3 Å². The number of nitrogens with zero attached hydrogens (tertiary/aromatic N) is 1. The summed E-state index contributed by atoms with van der Waals surface area (Å²) in [6, 6.07) is 5.51. The fourth-order valence-corrected chi connectivity index (χ4v) is 1.58. The van der Waals surface area contributed by atoms with E-state index >= 15 is 0 Å². The smallest absolute Gasteiger partial charge is 0.398 e. The molecule has 5 nitrogen and oxygen atoms in total. The zero-order valence-corrected chi connectivity index (χ0v) is 10.5. The van der Waals surface area contributed by atoms with Crippen molar-refractivity contribution in [2.45, 2.75) is 12.6 Å². The fourth-order valence-electron chi connectivity index (χ4n) is 1.58. The van der Waals surface area contributed by atoms with Crippen LogP contribution < -0.4 is 4.74 Å². The average Bonchev–Trinajstić information content (AvgIpc) is 2.36. The minimum Gasteiger partial charge on any atom is -0.497 e. The Morgan fingerprint density at radius 2 is 1.90 bits per heavy atom. The molecule has 0 saturated heterocycles. The van der Waals surface area contributed by atoms with E-state index in [1.54, 1.807) is 0 Å². The van der Waals surface area contributed by atoms with Crippen molar-refractivity contribution in [2.75, 3.05) is 13.7 Å². The van der Waals surface area contributed by atoms with Crippen LogP contribution in [0.1, 0.15) is 16.8 Å². The number of methoxy groups -OCH3 is 1. The summed E-state index contributed by atoms with van der Waals surface area (Å²) in [6.45, 7) is -1.31. The molecule has 1 aromatic rings. The van der Waals surface area contributed by atoms with Gasteiger partial charge < -0.3 is 4.74 Å². The molecule has 0 radical (unpaired) electrons. The summed E-state index contributed by atoms with van der Waals surface area (Å²) >= 11 is 0. The van der Waals surface area contributed by atoms with E-state index in [9.17, 15) is 28.1 Å². The van der Waals surface area contributed by atoms with Crippen molar-refractivity contribution in [1.82, 2.24) is 0 Å². The van der Waals surface area contributed by atoms with E-state index < -0.39 is 35.8 Å². The van der Waals surface area contributed by atoms with Crippen LogP contribution in [0.4, 0.5) is 13.2 Å². The van der Waals surface area contributed by atoms with Gasteiger partial charge in [-0.05, 0) is 24.3 Å². The predicted molar refractivity (Wildman–Crippen MR) is 63.3 cm³/mol. The molecule has 1 rings (SSSR count). The lowest BCUT2D eigenvalue weighted by atomic mass is 9.97. The minimum atomic E-state index is -4.78. The highest BCUT2D eigenvalue weighted by Crippen LogP contribution is 2.30. The second-order valence-electron chi connectivity index (χ2n) is 4.11. The first-order chi connectivity index (χ1) is 9.24. The third kappa shape index (κ3) is 4.52.